The fourth-order valence-electron chi connectivity index (χ4n) is 1.48. The zero-order valence-electron chi connectivity index (χ0n) is 11.4. The molecule has 8 heteroatoms. The summed E-state index contributed by atoms with van der Waals surface area (Å²) < 4.78 is 5.73. The van der Waals surface area contributed by atoms with Crippen molar-refractivity contribution < 1.29 is 14.3 Å². The van der Waals surface area contributed by atoms with E-state index in [1.807, 2.05) is 0 Å². The Morgan fingerprint density at radius 2 is 2.09 bits per heavy atom. The summed E-state index contributed by atoms with van der Waals surface area (Å²) in [7, 11) is 0. The highest BCUT2D eigenvalue weighted by atomic mass is 79.9. The average Bonchev–Trinajstić information content (AvgIpc) is 2.49. The Morgan fingerprint density at radius 3 is 2.73 bits per heavy atom. The molecule has 1 N–H and O–H groups in total. The number of nitrogens with zero attached hydrogens (tertiary/aromatic N) is 2. The van der Waals surface area contributed by atoms with Crippen LogP contribution in [0.15, 0.2) is 41.3 Å². The molecule has 114 valence electrons. The van der Waals surface area contributed by atoms with Crippen LogP contribution in [0.1, 0.15) is 17.3 Å². The Morgan fingerprint density at radius 1 is 1.32 bits per heavy atom. The molecule has 1 atom stereocenters. The summed E-state index contributed by atoms with van der Waals surface area (Å²) in [5, 5.41) is 2.98. The van der Waals surface area contributed by atoms with Crippen LogP contribution < -0.4 is 5.32 Å². The predicted molar refractivity (Wildman–Crippen MR) is 84.7 cm³/mol. The lowest BCUT2D eigenvalue weighted by Crippen LogP contribution is -2.30. The third-order valence-electron chi connectivity index (χ3n) is 2.57. The minimum absolute atomic E-state index is 0.249. The first kappa shape index (κ1) is 16.4. The van der Waals surface area contributed by atoms with Crippen LogP contribution in [-0.2, 0) is 9.53 Å². The zero-order valence-corrected chi connectivity index (χ0v) is 13.8. The quantitative estimate of drug-likeness (QED) is 0.819. The number of hydrogen-bond acceptors (Lipinski definition) is 5. The number of esters is 1. The number of amides is 1. The first-order chi connectivity index (χ1) is 10.5. The maximum absolute atomic E-state index is 11.9. The van der Waals surface area contributed by atoms with Crippen molar-refractivity contribution in [1.82, 2.24) is 9.97 Å². The fraction of sp³-hybridized carbons (Fsp3) is 0.143. The normalized spacial score (nSPS) is 11.6. The molecule has 1 amide bonds. The molecule has 0 fully saturated rings. The van der Waals surface area contributed by atoms with Crippen molar-refractivity contribution in [3.63, 3.8) is 0 Å². The summed E-state index contributed by atoms with van der Waals surface area (Å²) in [4.78, 5) is 31.6. The Balaban J connectivity index is 1.96. The van der Waals surface area contributed by atoms with Crippen LogP contribution >= 0.6 is 27.5 Å². The van der Waals surface area contributed by atoms with Gasteiger partial charge in [0.1, 0.15) is 5.82 Å². The Bertz CT molecular complexity index is 694. The van der Waals surface area contributed by atoms with Gasteiger partial charge in [0.25, 0.3) is 5.91 Å². The molecule has 0 bridgehead atoms. The zero-order chi connectivity index (χ0) is 16.1. The molecule has 0 aliphatic carbocycles. The Kier molecular flexibility index (Phi) is 5.46. The van der Waals surface area contributed by atoms with Gasteiger partial charge < -0.3 is 10.1 Å². The molecule has 2 aromatic heterocycles. The third-order valence-corrected chi connectivity index (χ3v) is 3.23. The van der Waals surface area contributed by atoms with E-state index in [1.54, 1.807) is 24.4 Å². The maximum atomic E-state index is 11.9. The summed E-state index contributed by atoms with van der Waals surface area (Å²) in [6, 6.07) is 4.70. The van der Waals surface area contributed by atoms with E-state index in [0.29, 0.717) is 15.3 Å². The van der Waals surface area contributed by atoms with Crippen molar-refractivity contribution in [3.05, 3.63) is 51.8 Å². The second-order valence-corrected chi connectivity index (χ2v) is 5.64. The standard InChI is InChI=1S/C14H11BrClN3O3/c1-8(13(20)19-12-3-2-11(16)7-18-12)22-14(21)9-4-10(15)6-17-5-9/h2-8H,1H3,(H,18,19,20). The van der Waals surface area contributed by atoms with Gasteiger partial charge in [0.15, 0.2) is 6.10 Å². The molecule has 1 unspecified atom stereocenters. The molecule has 2 heterocycles. The molecule has 0 saturated heterocycles. The number of pyridine rings is 2. The van der Waals surface area contributed by atoms with Gasteiger partial charge in [-0.25, -0.2) is 9.78 Å². The lowest BCUT2D eigenvalue weighted by Gasteiger charge is -2.13. The smallest absolute Gasteiger partial charge is 0.340 e. The molecule has 2 aromatic rings. The maximum Gasteiger partial charge on any atom is 0.340 e. The van der Waals surface area contributed by atoms with Crippen molar-refractivity contribution in [3.8, 4) is 0 Å². The molecule has 0 radical (unpaired) electrons. The average molecular weight is 385 g/mol. The minimum Gasteiger partial charge on any atom is -0.449 e. The van der Waals surface area contributed by atoms with Crippen molar-refractivity contribution in [2.24, 2.45) is 0 Å². The monoisotopic (exact) mass is 383 g/mol. The number of aromatic nitrogens is 2. The molecule has 22 heavy (non-hydrogen) atoms. The first-order valence-electron chi connectivity index (χ1n) is 6.19. The van der Waals surface area contributed by atoms with Crippen LogP contribution in [0.4, 0.5) is 5.82 Å². The van der Waals surface area contributed by atoms with Crippen molar-refractivity contribution in [2.75, 3.05) is 5.32 Å². The summed E-state index contributed by atoms with van der Waals surface area (Å²) in [6.45, 7) is 1.47. The topological polar surface area (TPSA) is 81.2 Å². The van der Waals surface area contributed by atoms with Gasteiger partial charge in [0, 0.05) is 23.1 Å². The van der Waals surface area contributed by atoms with Gasteiger partial charge in [-0.15, -0.1) is 0 Å². The highest BCUT2D eigenvalue weighted by Crippen LogP contribution is 2.13. The molecule has 0 saturated carbocycles. The van der Waals surface area contributed by atoms with E-state index in [-0.39, 0.29) is 5.56 Å². The second kappa shape index (κ2) is 7.33. The Labute approximate surface area is 140 Å². The minimum atomic E-state index is -0.982. The van der Waals surface area contributed by atoms with Crippen molar-refractivity contribution >= 4 is 45.2 Å². The lowest BCUT2D eigenvalue weighted by atomic mass is 10.3. The molecule has 2 rings (SSSR count). The number of nitrogens with one attached hydrogen (secondary N) is 1. The van der Waals surface area contributed by atoms with Gasteiger partial charge in [-0.05, 0) is 41.1 Å². The van der Waals surface area contributed by atoms with Crippen LogP contribution in [-0.4, -0.2) is 27.9 Å². The molecule has 0 aliphatic heterocycles. The number of halogens is 2. The number of rotatable bonds is 4. The number of carbonyl (C=O) groups is 2. The van der Waals surface area contributed by atoms with E-state index >= 15 is 0 Å². The largest absolute Gasteiger partial charge is 0.449 e. The second-order valence-electron chi connectivity index (χ2n) is 4.29. The molecular weight excluding hydrogens is 374 g/mol. The van der Waals surface area contributed by atoms with E-state index in [0.717, 1.165) is 0 Å². The summed E-state index contributed by atoms with van der Waals surface area (Å²) in [5.41, 5.74) is 0.249. The molecule has 0 aliphatic rings. The van der Waals surface area contributed by atoms with E-state index in [9.17, 15) is 9.59 Å². The SMILES string of the molecule is CC(OC(=O)c1cncc(Br)c1)C(=O)Nc1ccc(Cl)cn1. The van der Waals surface area contributed by atoms with Crippen LogP contribution in [0.2, 0.25) is 5.02 Å². The summed E-state index contributed by atoms with van der Waals surface area (Å²) in [6.07, 6.45) is 3.32. The van der Waals surface area contributed by atoms with Crippen LogP contribution in [0.3, 0.4) is 0 Å². The predicted octanol–water partition coefficient (Wildman–Crippen LogP) is 3.08. The van der Waals surface area contributed by atoms with E-state index in [1.165, 1.54) is 19.3 Å². The number of anilines is 1. The van der Waals surface area contributed by atoms with Gasteiger partial charge in [-0.1, -0.05) is 11.6 Å². The van der Waals surface area contributed by atoms with E-state index in [4.69, 9.17) is 16.3 Å². The number of carbonyl (C=O) groups excluding carboxylic acids is 2. The number of ether oxygens (including phenoxy) is 1. The van der Waals surface area contributed by atoms with E-state index < -0.39 is 18.0 Å². The third kappa shape index (κ3) is 4.51. The molecule has 0 spiro atoms. The van der Waals surface area contributed by atoms with Crippen molar-refractivity contribution in [1.29, 1.82) is 0 Å². The fourth-order valence-corrected chi connectivity index (χ4v) is 1.96. The van der Waals surface area contributed by atoms with Gasteiger partial charge in [-0.3, -0.25) is 9.78 Å². The van der Waals surface area contributed by atoms with Crippen LogP contribution in [0, 0.1) is 0 Å². The van der Waals surface area contributed by atoms with Crippen LogP contribution in [0.25, 0.3) is 0 Å². The molecule has 6 nitrogen and oxygen atoms in total. The highest BCUT2D eigenvalue weighted by molar-refractivity contribution is 9.10. The lowest BCUT2D eigenvalue weighted by molar-refractivity contribution is -0.123. The first-order valence-corrected chi connectivity index (χ1v) is 7.37. The van der Waals surface area contributed by atoms with Gasteiger partial charge in [0.2, 0.25) is 0 Å². The van der Waals surface area contributed by atoms with Crippen LogP contribution in [0.5, 0.6) is 0 Å². The molecular formula is C14H11BrClN3O3. The summed E-state index contributed by atoms with van der Waals surface area (Å²) in [5.74, 6) is -0.812. The van der Waals surface area contributed by atoms with E-state index in [2.05, 4.69) is 31.2 Å². The highest BCUT2D eigenvalue weighted by Gasteiger charge is 2.19. The summed E-state index contributed by atoms with van der Waals surface area (Å²) >= 11 is 8.91. The van der Waals surface area contributed by atoms with Gasteiger partial charge in [-0.2, -0.15) is 0 Å². The van der Waals surface area contributed by atoms with Gasteiger partial charge in [0.05, 0.1) is 10.6 Å². The molecule has 0 aromatic carbocycles. The Hall–Kier alpha value is -1.99. The van der Waals surface area contributed by atoms with Crippen molar-refractivity contribution in [2.45, 2.75) is 13.0 Å². The van der Waals surface area contributed by atoms with Gasteiger partial charge >= 0.3 is 5.97 Å². The number of hydrogen-bond donors (Lipinski definition) is 1.